The number of hydrogen-bond donors (Lipinski definition) is 0. The standard InChI is InChI=1S/C25H29FN6O2/c1-16-23-22(24-28-25(34-29-24)17-7-3-4-8-17)27-15-32(23)19-10-9-18(26)13-20(19)31(16)14-21(33)30-11-5-2-6-12-30/h9-10,13,15-17H,2-8,11-12,14H2,1H3/t16-/m1/s1. The van der Waals surface area contributed by atoms with Crippen LogP contribution in [-0.4, -0.2) is 50.1 Å². The molecule has 0 N–H and O–H groups in total. The molecule has 1 amide bonds. The number of rotatable bonds is 4. The molecular weight excluding hydrogens is 435 g/mol. The van der Waals surface area contributed by atoms with Crippen LogP contribution >= 0.6 is 0 Å². The molecule has 4 heterocycles. The smallest absolute Gasteiger partial charge is 0.242 e. The van der Waals surface area contributed by atoms with Gasteiger partial charge in [-0.05, 0) is 57.2 Å². The van der Waals surface area contributed by atoms with E-state index in [2.05, 4.69) is 10.1 Å². The lowest BCUT2D eigenvalue weighted by atomic mass is 10.0. The Labute approximate surface area is 197 Å². The molecule has 8 nitrogen and oxygen atoms in total. The number of amides is 1. The van der Waals surface area contributed by atoms with Crippen LogP contribution in [0.5, 0.6) is 0 Å². The fourth-order valence-corrected chi connectivity index (χ4v) is 5.69. The van der Waals surface area contributed by atoms with E-state index in [4.69, 9.17) is 9.51 Å². The second kappa shape index (κ2) is 8.52. The SMILES string of the molecule is C[C@@H]1c2c(-c3noc(C4CCCC4)n3)ncn2-c2ccc(F)cc2N1CC(=O)N1CCCCC1. The highest BCUT2D eigenvalue weighted by Gasteiger charge is 2.35. The molecule has 0 bridgehead atoms. The number of halogens is 1. The Hall–Kier alpha value is -3.23. The monoisotopic (exact) mass is 464 g/mol. The van der Waals surface area contributed by atoms with Gasteiger partial charge in [0.15, 0.2) is 0 Å². The van der Waals surface area contributed by atoms with Gasteiger partial charge in [0.2, 0.25) is 17.6 Å². The highest BCUT2D eigenvalue weighted by atomic mass is 19.1. The molecule has 178 valence electrons. The maximum absolute atomic E-state index is 14.3. The normalized spacial score (nSPS) is 20.5. The summed E-state index contributed by atoms with van der Waals surface area (Å²) in [5.41, 5.74) is 3.00. The number of likely N-dealkylation sites (tertiary alicyclic amines) is 1. The third-order valence-electron chi connectivity index (χ3n) is 7.55. The van der Waals surface area contributed by atoms with Gasteiger partial charge in [0.1, 0.15) is 17.8 Å². The summed E-state index contributed by atoms with van der Waals surface area (Å²) in [5.74, 6) is 1.20. The van der Waals surface area contributed by atoms with Crippen molar-refractivity contribution in [1.29, 1.82) is 0 Å². The van der Waals surface area contributed by atoms with Crippen molar-refractivity contribution in [3.05, 3.63) is 41.9 Å². The average molecular weight is 465 g/mol. The van der Waals surface area contributed by atoms with Gasteiger partial charge in [0, 0.05) is 19.0 Å². The Kier molecular flexibility index (Phi) is 5.34. The number of aromatic nitrogens is 4. The van der Waals surface area contributed by atoms with Crippen LogP contribution in [0.4, 0.5) is 10.1 Å². The molecule has 1 aliphatic carbocycles. The van der Waals surface area contributed by atoms with Crippen LogP contribution in [0.1, 0.15) is 75.4 Å². The largest absolute Gasteiger partial charge is 0.352 e. The molecule has 2 aromatic heterocycles. The fourth-order valence-electron chi connectivity index (χ4n) is 5.69. The highest BCUT2D eigenvalue weighted by molar-refractivity contribution is 5.84. The van der Waals surface area contributed by atoms with Crippen LogP contribution in [0.25, 0.3) is 17.2 Å². The van der Waals surface area contributed by atoms with Crippen molar-refractivity contribution in [2.75, 3.05) is 24.5 Å². The minimum absolute atomic E-state index is 0.0688. The van der Waals surface area contributed by atoms with Crippen LogP contribution in [-0.2, 0) is 4.79 Å². The van der Waals surface area contributed by atoms with Gasteiger partial charge >= 0.3 is 0 Å². The molecule has 0 unspecified atom stereocenters. The van der Waals surface area contributed by atoms with Crippen molar-refractivity contribution < 1.29 is 13.7 Å². The number of hydrogen-bond acceptors (Lipinski definition) is 6. The Bertz CT molecular complexity index is 1210. The zero-order chi connectivity index (χ0) is 23.2. The first-order chi connectivity index (χ1) is 16.6. The van der Waals surface area contributed by atoms with Gasteiger partial charge < -0.3 is 14.3 Å². The van der Waals surface area contributed by atoms with Gasteiger partial charge in [0.25, 0.3) is 0 Å². The van der Waals surface area contributed by atoms with Crippen LogP contribution < -0.4 is 4.90 Å². The Morgan fingerprint density at radius 3 is 2.71 bits per heavy atom. The van der Waals surface area contributed by atoms with Crippen molar-refractivity contribution in [3.63, 3.8) is 0 Å². The molecule has 1 atom stereocenters. The lowest BCUT2D eigenvalue weighted by Gasteiger charge is -2.39. The van der Waals surface area contributed by atoms with E-state index < -0.39 is 0 Å². The number of imidazole rings is 1. The average Bonchev–Trinajstić information content (AvgIpc) is 3.62. The molecule has 34 heavy (non-hydrogen) atoms. The number of piperidine rings is 1. The third-order valence-corrected chi connectivity index (χ3v) is 7.55. The molecule has 2 aliphatic heterocycles. The summed E-state index contributed by atoms with van der Waals surface area (Å²) < 4.78 is 21.9. The maximum atomic E-state index is 14.3. The lowest BCUT2D eigenvalue weighted by Crippen LogP contribution is -2.45. The van der Waals surface area contributed by atoms with Crippen molar-refractivity contribution in [3.8, 4) is 17.2 Å². The zero-order valence-corrected chi connectivity index (χ0v) is 19.4. The summed E-state index contributed by atoms with van der Waals surface area (Å²) >= 11 is 0. The van der Waals surface area contributed by atoms with E-state index in [1.54, 1.807) is 12.4 Å². The van der Waals surface area contributed by atoms with Gasteiger partial charge in [-0.1, -0.05) is 18.0 Å². The van der Waals surface area contributed by atoms with Crippen LogP contribution in [0.3, 0.4) is 0 Å². The molecule has 0 spiro atoms. The first-order valence-electron chi connectivity index (χ1n) is 12.4. The van der Waals surface area contributed by atoms with Crippen LogP contribution in [0.15, 0.2) is 29.0 Å². The Morgan fingerprint density at radius 1 is 1.12 bits per heavy atom. The number of carbonyl (C=O) groups is 1. The Balaban J connectivity index is 1.38. The van der Waals surface area contributed by atoms with Crippen molar-refractivity contribution in [2.45, 2.75) is 63.8 Å². The van der Waals surface area contributed by atoms with E-state index in [-0.39, 0.29) is 24.3 Å². The minimum Gasteiger partial charge on any atom is -0.352 e. The lowest BCUT2D eigenvalue weighted by molar-refractivity contribution is -0.130. The summed E-state index contributed by atoms with van der Waals surface area (Å²) in [6.45, 7) is 3.77. The summed E-state index contributed by atoms with van der Waals surface area (Å²) in [6, 6.07) is 4.46. The number of benzene rings is 1. The van der Waals surface area contributed by atoms with Gasteiger partial charge in [0.05, 0.1) is 29.7 Å². The first-order valence-corrected chi connectivity index (χ1v) is 12.4. The molecule has 1 saturated heterocycles. The van der Waals surface area contributed by atoms with E-state index in [1.165, 1.54) is 25.0 Å². The molecule has 0 radical (unpaired) electrons. The molecule has 3 aromatic rings. The molecule has 9 heteroatoms. The number of nitrogens with zero attached hydrogens (tertiary/aromatic N) is 6. The van der Waals surface area contributed by atoms with Crippen molar-refractivity contribution in [2.24, 2.45) is 0 Å². The van der Waals surface area contributed by atoms with Crippen LogP contribution in [0, 0.1) is 5.82 Å². The first kappa shape index (κ1) is 21.3. The molecule has 1 saturated carbocycles. The molecule has 6 rings (SSSR count). The number of anilines is 1. The summed E-state index contributed by atoms with van der Waals surface area (Å²) in [6.07, 6.45) is 9.48. The van der Waals surface area contributed by atoms with Crippen LogP contribution in [0.2, 0.25) is 0 Å². The summed E-state index contributed by atoms with van der Waals surface area (Å²) in [7, 11) is 0. The van der Waals surface area contributed by atoms with E-state index in [9.17, 15) is 9.18 Å². The van der Waals surface area contributed by atoms with Gasteiger partial charge in [-0.2, -0.15) is 4.98 Å². The fraction of sp³-hybridized carbons (Fsp3) is 0.520. The highest BCUT2D eigenvalue weighted by Crippen LogP contribution is 2.42. The summed E-state index contributed by atoms with van der Waals surface area (Å²) in [5, 5.41) is 4.26. The zero-order valence-electron chi connectivity index (χ0n) is 19.4. The minimum atomic E-state index is -0.329. The number of carbonyl (C=O) groups excluding carboxylic acids is 1. The van der Waals surface area contributed by atoms with Gasteiger partial charge in [-0.25, -0.2) is 9.37 Å². The predicted molar refractivity (Wildman–Crippen MR) is 124 cm³/mol. The molecule has 1 aromatic carbocycles. The summed E-state index contributed by atoms with van der Waals surface area (Å²) in [4.78, 5) is 26.4. The Morgan fingerprint density at radius 2 is 1.91 bits per heavy atom. The molecular formula is C25H29FN6O2. The van der Waals surface area contributed by atoms with E-state index in [0.29, 0.717) is 29.0 Å². The topological polar surface area (TPSA) is 80.3 Å². The van der Waals surface area contributed by atoms with Crippen molar-refractivity contribution >= 4 is 11.6 Å². The molecule has 2 fully saturated rings. The van der Waals surface area contributed by atoms with E-state index in [1.807, 2.05) is 21.3 Å². The third kappa shape index (κ3) is 3.58. The van der Waals surface area contributed by atoms with Crippen molar-refractivity contribution in [1.82, 2.24) is 24.6 Å². The quantitative estimate of drug-likeness (QED) is 0.561. The van der Waals surface area contributed by atoms with E-state index >= 15 is 0 Å². The van der Waals surface area contributed by atoms with Gasteiger partial charge in [-0.15, -0.1) is 0 Å². The maximum Gasteiger partial charge on any atom is 0.242 e. The second-order valence-corrected chi connectivity index (χ2v) is 9.66. The number of fused-ring (bicyclic) bond motifs is 3. The molecule has 3 aliphatic rings. The van der Waals surface area contributed by atoms with E-state index in [0.717, 1.165) is 56.6 Å². The predicted octanol–water partition coefficient (Wildman–Crippen LogP) is 4.61. The van der Waals surface area contributed by atoms with Gasteiger partial charge in [-0.3, -0.25) is 9.36 Å². The second-order valence-electron chi connectivity index (χ2n) is 9.66.